The third-order valence-electron chi connectivity index (χ3n) is 3.21. The van der Waals surface area contributed by atoms with Crippen molar-refractivity contribution in [3.63, 3.8) is 0 Å². The minimum absolute atomic E-state index is 0.239. The maximum Gasteiger partial charge on any atom is 0.231 e. The molecule has 0 radical (unpaired) electrons. The summed E-state index contributed by atoms with van der Waals surface area (Å²) in [6, 6.07) is 3.94. The monoisotopic (exact) mass is 223 g/mol. The molecule has 0 bridgehead atoms. The van der Waals surface area contributed by atoms with Crippen molar-refractivity contribution in [2.24, 2.45) is 0 Å². The molecule has 1 N–H and O–H groups in total. The molecule has 0 amide bonds. The standard InChI is InChI=1S/C12H14FNO2/c13-6-8-4-11-12(16-7-15-11)5-9(8)10-2-1-3-14-10/h4-5,10,14H,1-3,6-7H2. The normalized spacial score (nSPS) is 22.7. The Morgan fingerprint density at radius 3 is 2.81 bits per heavy atom. The summed E-state index contributed by atoms with van der Waals surface area (Å²) in [4.78, 5) is 0. The lowest BCUT2D eigenvalue weighted by molar-refractivity contribution is 0.174. The lowest BCUT2D eigenvalue weighted by Crippen LogP contribution is -2.14. The summed E-state index contributed by atoms with van der Waals surface area (Å²) in [7, 11) is 0. The van der Waals surface area contributed by atoms with Crippen LogP contribution in [0.25, 0.3) is 0 Å². The van der Waals surface area contributed by atoms with E-state index in [4.69, 9.17) is 9.47 Å². The second kappa shape index (κ2) is 3.94. The largest absolute Gasteiger partial charge is 0.454 e. The van der Waals surface area contributed by atoms with Crippen LogP contribution < -0.4 is 14.8 Å². The minimum Gasteiger partial charge on any atom is -0.454 e. The smallest absolute Gasteiger partial charge is 0.231 e. The lowest BCUT2D eigenvalue weighted by Gasteiger charge is -2.15. The Kier molecular flexibility index (Phi) is 2.44. The Hall–Kier alpha value is -1.29. The first-order valence-corrected chi connectivity index (χ1v) is 5.60. The Balaban J connectivity index is 2.01. The molecule has 0 spiro atoms. The van der Waals surface area contributed by atoms with Crippen molar-refractivity contribution >= 4 is 0 Å². The number of benzene rings is 1. The molecular formula is C12H14FNO2. The van der Waals surface area contributed by atoms with Crippen LogP contribution in [0, 0.1) is 0 Å². The highest BCUT2D eigenvalue weighted by Gasteiger charge is 2.23. The molecule has 1 saturated heterocycles. The van der Waals surface area contributed by atoms with E-state index in [0.717, 1.165) is 30.7 Å². The number of hydrogen-bond donors (Lipinski definition) is 1. The Morgan fingerprint density at radius 1 is 1.31 bits per heavy atom. The van der Waals surface area contributed by atoms with E-state index in [1.807, 2.05) is 6.07 Å². The first-order chi connectivity index (χ1) is 7.88. The summed E-state index contributed by atoms with van der Waals surface area (Å²) < 4.78 is 23.6. The Bertz CT molecular complexity index is 402. The molecule has 4 heteroatoms. The van der Waals surface area contributed by atoms with Gasteiger partial charge in [0, 0.05) is 6.04 Å². The van der Waals surface area contributed by atoms with Crippen LogP contribution in [0.3, 0.4) is 0 Å². The molecule has 3 nitrogen and oxygen atoms in total. The molecule has 2 heterocycles. The van der Waals surface area contributed by atoms with Gasteiger partial charge in [0.15, 0.2) is 11.5 Å². The van der Waals surface area contributed by atoms with Gasteiger partial charge < -0.3 is 14.8 Å². The van der Waals surface area contributed by atoms with E-state index < -0.39 is 6.67 Å². The van der Waals surface area contributed by atoms with Gasteiger partial charge in [-0.3, -0.25) is 0 Å². The third-order valence-corrected chi connectivity index (χ3v) is 3.21. The maximum absolute atomic E-state index is 13.0. The van der Waals surface area contributed by atoms with Crippen LogP contribution in [0.4, 0.5) is 4.39 Å². The van der Waals surface area contributed by atoms with Gasteiger partial charge in [-0.15, -0.1) is 0 Å². The molecule has 1 fully saturated rings. The highest BCUT2D eigenvalue weighted by molar-refractivity contribution is 5.49. The van der Waals surface area contributed by atoms with Crippen molar-refractivity contribution < 1.29 is 13.9 Å². The average Bonchev–Trinajstić information content (AvgIpc) is 2.97. The van der Waals surface area contributed by atoms with E-state index in [1.54, 1.807) is 6.07 Å². The summed E-state index contributed by atoms with van der Waals surface area (Å²) in [6.45, 7) is 0.789. The van der Waals surface area contributed by atoms with E-state index in [1.165, 1.54) is 0 Å². The van der Waals surface area contributed by atoms with Gasteiger partial charge in [0.05, 0.1) is 0 Å². The molecule has 3 rings (SSSR count). The topological polar surface area (TPSA) is 30.5 Å². The lowest BCUT2D eigenvalue weighted by atomic mass is 9.99. The van der Waals surface area contributed by atoms with E-state index in [-0.39, 0.29) is 12.8 Å². The van der Waals surface area contributed by atoms with Crippen LogP contribution >= 0.6 is 0 Å². The van der Waals surface area contributed by atoms with Crippen molar-refractivity contribution in [1.29, 1.82) is 0 Å². The number of rotatable bonds is 2. The van der Waals surface area contributed by atoms with Crippen molar-refractivity contribution in [1.82, 2.24) is 5.32 Å². The summed E-state index contributed by atoms with van der Waals surface area (Å²) >= 11 is 0. The molecule has 1 aromatic carbocycles. The number of halogens is 1. The summed E-state index contributed by atoms with van der Waals surface area (Å²) in [6.07, 6.45) is 2.21. The van der Waals surface area contributed by atoms with Crippen molar-refractivity contribution in [3.05, 3.63) is 23.3 Å². The summed E-state index contributed by atoms with van der Waals surface area (Å²) in [5.74, 6) is 1.40. The van der Waals surface area contributed by atoms with Gasteiger partial charge in [-0.25, -0.2) is 4.39 Å². The molecular weight excluding hydrogens is 209 g/mol. The van der Waals surface area contributed by atoms with Gasteiger partial charge >= 0.3 is 0 Å². The summed E-state index contributed by atoms with van der Waals surface area (Å²) in [5.41, 5.74) is 1.73. The number of ether oxygens (including phenoxy) is 2. The second-order valence-electron chi connectivity index (χ2n) is 4.19. The molecule has 1 atom stereocenters. The Morgan fingerprint density at radius 2 is 2.12 bits per heavy atom. The average molecular weight is 223 g/mol. The zero-order valence-corrected chi connectivity index (χ0v) is 8.96. The van der Waals surface area contributed by atoms with E-state index in [0.29, 0.717) is 11.3 Å². The van der Waals surface area contributed by atoms with Gasteiger partial charge in [-0.2, -0.15) is 0 Å². The van der Waals surface area contributed by atoms with Gasteiger partial charge in [0.1, 0.15) is 6.67 Å². The van der Waals surface area contributed by atoms with Gasteiger partial charge in [-0.1, -0.05) is 0 Å². The number of hydrogen-bond acceptors (Lipinski definition) is 3. The molecule has 16 heavy (non-hydrogen) atoms. The van der Waals surface area contributed by atoms with Crippen molar-refractivity contribution in [2.45, 2.75) is 25.6 Å². The van der Waals surface area contributed by atoms with Crippen LogP contribution in [0.1, 0.15) is 30.0 Å². The molecule has 0 aromatic heterocycles. The first kappa shape index (κ1) is 9.90. The van der Waals surface area contributed by atoms with Crippen molar-refractivity contribution in [3.8, 4) is 11.5 Å². The van der Waals surface area contributed by atoms with Crippen LogP contribution in [0.5, 0.6) is 11.5 Å². The zero-order valence-electron chi connectivity index (χ0n) is 8.96. The molecule has 0 aliphatic carbocycles. The van der Waals surface area contributed by atoms with Crippen LogP contribution in [-0.4, -0.2) is 13.3 Å². The Labute approximate surface area is 93.6 Å². The van der Waals surface area contributed by atoms with Gasteiger partial charge in [0.25, 0.3) is 0 Å². The molecule has 2 aliphatic rings. The summed E-state index contributed by atoms with van der Waals surface area (Å²) in [5, 5.41) is 3.38. The highest BCUT2D eigenvalue weighted by Crippen LogP contribution is 2.38. The number of alkyl halides is 1. The van der Waals surface area contributed by atoms with E-state index in [2.05, 4.69) is 5.32 Å². The van der Waals surface area contributed by atoms with Gasteiger partial charge in [0.2, 0.25) is 6.79 Å². The quantitative estimate of drug-likeness (QED) is 0.834. The highest BCUT2D eigenvalue weighted by atomic mass is 19.1. The molecule has 1 unspecified atom stereocenters. The predicted molar refractivity (Wildman–Crippen MR) is 57.4 cm³/mol. The first-order valence-electron chi connectivity index (χ1n) is 5.60. The van der Waals surface area contributed by atoms with Crippen molar-refractivity contribution in [2.75, 3.05) is 13.3 Å². The fraction of sp³-hybridized carbons (Fsp3) is 0.500. The number of fused-ring (bicyclic) bond motifs is 1. The fourth-order valence-electron chi connectivity index (χ4n) is 2.39. The minimum atomic E-state index is -0.454. The molecule has 1 aromatic rings. The van der Waals surface area contributed by atoms with Crippen LogP contribution in [-0.2, 0) is 6.67 Å². The number of nitrogens with one attached hydrogen (secondary N) is 1. The zero-order chi connectivity index (χ0) is 11.0. The van der Waals surface area contributed by atoms with E-state index in [9.17, 15) is 4.39 Å². The molecule has 2 aliphatic heterocycles. The second-order valence-corrected chi connectivity index (χ2v) is 4.19. The fourth-order valence-corrected chi connectivity index (χ4v) is 2.39. The molecule has 86 valence electrons. The van der Waals surface area contributed by atoms with Crippen LogP contribution in [0.15, 0.2) is 12.1 Å². The predicted octanol–water partition coefficient (Wildman–Crippen LogP) is 2.31. The molecule has 0 saturated carbocycles. The third kappa shape index (κ3) is 1.53. The SMILES string of the molecule is FCc1cc2c(cc1C1CCCN1)OCO2. The van der Waals surface area contributed by atoms with E-state index >= 15 is 0 Å². The van der Waals surface area contributed by atoms with Gasteiger partial charge in [-0.05, 0) is 42.6 Å². The maximum atomic E-state index is 13.0. The van der Waals surface area contributed by atoms with Crippen LogP contribution in [0.2, 0.25) is 0 Å².